The molecule has 2 atom stereocenters. The fourth-order valence-corrected chi connectivity index (χ4v) is 6.29. The first-order valence-electron chi connectivity index (χ1n) is 12.0. The van der Waals surface area contributed by atoms with Gasteiger partial charge in [0.05, 0.1) is 0 Å². The van der Waals surface area contributed by atoms with Crippen LogP contribution >= 0.6 is 0 Å². The average Bonchev–Trinajstić information content (AvgIpc) is 3.18. The number of aromatic nitrogens is 1. The summed E-state index contributed by atoms with van der Waals surface area (Å²) in [6.45, 7) is 3.11. The van der Waals surface area contributed by atoms with E-state index in [1.54, 1.807) is 12.1 Å². The number of piperidine rings is 1. The molecule has 0 radical (unpaired) electrons. The SMILES string of the molecule is Oc1cccc([C@]23CCN(CCc4ccccc4)CC2Cc2c([nH]c4ccc(F)cc24)C3)c1. The quantitative estimate of drug-likeness (QED) is 0.433. The highest BCUT2D eigenvalue weighted by Crippen LogP contribution is 2.49. The van der Waals surface area contributed by atoms with Crippen molar-refractivity contribution in [3.8, 4) is 5.75 Å². The van der Waals surface area contributed by atoms with Gasteiger partial charge in [0.25, 0.3) is 0 Å². The van der Waals surface area contributed by atoms with Gasteiger partial charge in [-0.25, -0.2) is 4.39 Å². The van der Waals surface area contributed by atoms with Crippen LogP contribution in [0.15, 0.2) is 72.8 Å². The molecule has 6 rings (SSSR count). The maximum absolute atomic E-state index is 14.1. The Labute approximate surface area is 193 Å². The highest BCUT2D eigenvalue weighted by molar-refractivity contribution is 5.85. The van der Waals surface area contributed by atoms with E-state index in [2.05, 4.69) is 46.3 Å². The summed E-state index contributed by atoms with van der Waals surface area (Å²) < 4.78 is 14.1. The number of hydrogen-bond acceptors (Lipinski definition) is 2. The van der Waals surface area contributed by atoms with Crippen molar-refractivity contribution in [1.82, 2.24) is 9.88 Å². The van der Waals surface area contributed by atoms with Gasteiger partial charge in [-0.1, -0.05) is 42.5 Å². The van der Waals surface area contributed by atoms with Gasteiger partial charge in [0, 0.05) is 35.1 Å². The van der Waals surface area contributed by atoms with Gasteiger partial charge in [0.1, 0.15) is 11.6 Å². The highest BCUT2D eigenvalue weighted by atomic mass is 19.1. The first kappa shape index (κ1) is 20.5. The normalized spacial score (nSPS) is 22.8. The summed E-state index contributed by atoms with van der Waals surface area (Å²) in [6.07, 6.45) is 3.94. The van der Waals surface area contributed by atoms with Crippen LogP contribution in [-0.4, -0.2) is 34.6 Å². The predicted octanol–water partition coefficient (Wildman–Crippen LogP) is 5.61. The minimum atomic E-state index is -0.178. The van der Waals surface area contributed by atoms with Gasteiger partial charge in [-0.2, -0.15) is 0 Å². The maximum Gasteiger partial charge on any atom is 0.123 e. The van der Waals surface area contributed by atoms with Crippen molar-refractivity contribution < 1.29 is 9.50 Å². The number of aromatic amines is 1. The van der Waals surface area contributed by atoms with Gasteiger partial charge in [-0.15, -0.1) is 0 Å². The van der Waals surface area contributed by atoms with E-state index in [0.717, 1.165) is 56.2 Å². The second-order valence-electron chi connectivity index (χ2n) is 9.84. The van der Waals surface area contributed by atoms with Gasteiger partial charge in [0.2, 0.25) is 0 Å². The zero-order valence-corrected chi connectivity index (χ0v) is 18.7. The fraction of sp³-hybridized carbons (Fsp3) is 0.310. The summed E-state index contributed by atoms with van der Waals surface area (Å²) in [5.74, 6) is 0.567. The summed E-state index contributed by atoms with van der Waals surface area (Å²) in [5.41, 5.74) is 6.11. The van der Waals surface area contributed by atoms with Crippen LogP contribution < -0.4 is 0 Å². The Morgan fingerprint density at radius 2 is 1.91 bits per heavy atom. The molecular weight excluding hydrogens is 411 g/mol. The molecule has 2 N–H and O–H groups in total. The predicted molar refractivity (Wildman–Crippen MR) is 130 cm³/mol. The molecule has 1 fully saturated rings. The second kappa shape index (κ2) is 8.03. The van der Waals surface area contributed by atoms with E-state index >= 15 is 0 Å². The Bertz CT molecular complexity index is 1300. The Kier molecular flexibility index (Phi) is 4.99. The van der Waals surface area contributed by atoms with Gasteiger partial charge >= 0.3 is 0 Å². The molecule has 0 bridgehead atoms. The van der Waals surface area contributed by atoms with E-state index in [1.807, 2.05) is 18.2 Å². The molecule has 1 aromatic heterocycles. The van der Waals surface area contributed by atoms with Crippen LogP contribution in [0.4, 0.5) is 4.39 Å². The first-order valence-corrected chi connectivity index (χ1v) is 12.0. The number of nitrogens with one attached hydrogen (secondary N) is 1. The number of likely N-dealkylation sites (tertiary alicyclic amines) is 1. The van der Waals surface area contributed by atoms with E-state index in [4.69, 9.17) is 0 Å². The molecule has 4 aromatic rings. The van der Waals surface area contributed by atoms with Crippen LogP contribution in [0, 0.1) is 11.7 Å². The largest absolute Gasteiger partial charge is 0.508 e. The van der Waals surface area contributed by atoms with Crippen LogP contribution in [0.2, 0.25) is 0 Å². The van der Waals surface area contributed by atoms with Gasteiger partial charge in [-0.05, 0) is 85.2 Å². The minimum Gasteiger partial charge on any atom is -0.508 e. The molecule has 3 aromatic carbocycles. The Morgan fingerprint density at radius 3 is 2.76 bits per heavy atom. The number of rotatable bonds is 4. The summed E-state index contributed by atoms with van der Waals surface area (Å²) >= 11 is 0. The van der Waals surface area contributed by atoms with Crippen LogP contribution in [0.25, 0.3) is 10.9 Å². The highest BCUT2D eigenvalue weighted by Gasteiger charge is 2.48. The lowest BCUT2D eigenvalue weighted by atomic mass is 9.58. The van der Waals surface area contributed by atoms with Crippen molar-refractivity contribution in [3.63, 3.8) is 0 Å². The van der Waals surface area contributed by atoms with E-state index in [-0.39, 0.29) is 11.2 Å². The van der Waals surface area contributed by atoms with Crippen molar-refractivity contribution in [2.45, 2.75) is 31.1 Å². The maximum atomic E-state index is 14.1. The third-order valence-electron chi connectivity index (χ3n) is 8.01. The lowest BCUT2D eigenvalue weighted by Gasteiger charge is -2.51. The van der Waals surface area contributed by atoms with Crippen molar-refractivity contribution in [1.29, 1.82) is 0 Å². The molecule has 1 saturated heterocycles. The standard InChI is InChI=1S/C29H29FN2O/c30-23-9-10-27-26(17-23)25-16-22-19-32(13-11-20-5-2-1-3-6-20)14-12-29(22,18-28(25)31-27)21-7-4-8-24(33)15-21/h1-10,15,17,22,31,33H,11-14,16,18-19H2/t22?,29-/m1/s1. The molecule has 168 valence electrons. The molecule has 2 aliphatic rings. The lowest BCUT2D eigenvalue weighted by molar-refractivity contribution is 0.0822. The molecular formula is C29H29FN2O. The number of halogens is 1. The molecule has 1 unspecified atom stereocenters. The number of aromatic hydroxyl groups is 1. The molecule has 3 nitrogen and oxygen atoms in total. The van der Waals surface area contributed by atoms with E-state index in [9.17, 15) is 9.50 Å². The number of phenols is 1. The molecule has 1 aliphatic heterocycles. The molecule has 4 heteroatoms. The summed E-state index contributed by atoms with van der Waals surface area (Å²) in [6, 6.07) is 23.6. The zero-order chi connectivity index (χ0) is 22.4. The molecule has 0 saturated carbocycles. The summed E-state index contributed by atoms with van der Waals surface area (Å²) in [4.78, 5) is 6.20. The number of nitrogens with zero attached hydrogens (tertiary/aromatic N) is 1. The molecule has 0 spiro atoms. The zero-order valence-electron chi connectivity index (χ0n) is 18.7. The summed E-state index contributed by atoms with van der Waals surface area (Å²) in [7, 11) is 0. The molecule has 2 heterocycles. The van der Waals surface area contributed by atoms with Gasteiger partial charge in [-0.3, -0.25) is 0 Å². The van der Waals surface area contributed by atoms with E-state index in [1.165, 1.54) is 28.5 Å². The van der Waals surface area contributed by atoms with Crippen molar-refractivity contribution in [2.24, 2.45) is 5.92 Å². The molecule has 1 aliphatic carbocycles. The number of phenolic OH excluding ortho intramolecular Hbond substituents is 1. The topological polar surface area (TPSA) is 39.3 Å². The Hall–Kier alpha value is -3.11. The van der Waals surface area contributed by atoms with Crippen molar-refractivity contribution in [3.05, 3.63) is 101 Å². The average molecular weight is 441 g/mol. The van der Waals surface area contributed by atoms with Crippen molar-refractivity contribution in [2.75, 3.05) is 19.6 Å². The molecule has 33 heavy (non-hydrogen) atoms. The number of hydrogen-bond donors (Lipinski definition) is 2. The van der Waals surface area contributed by atoms with Gasteiger partial charge in [0.15, 0.2) is 0 Å². The first-order chi connectivity index (χ1) is 16.1. The Morgan fingerprint density at radius 1 is 1.03 bits per heavy atom. The number of H-pyrrole nitrogens is 1. The van der Waals surface area contributed by atoms with Crippen molar-refractivity contribution >= 4 is 10.9 Å². The second-order valence-corrected chi connectivity index (χ2v) is 9.84. The Balaban J connectivity index is 1.35. The smallest absolute Gasteiger partial charge is 0.123 e. The van der Waals surface area contributed by atoms with Crippen LogP contribution in [0.3, 0.4) is 0 Å². The third-order valence-corrected chi connectivity index (χ3v) is 8.01. The fourth-order valence-electron chi connectivity index (χ4n) is 6.29. The minimum absolute atomic E-state index is 0.0194. The van der Waals surface area contributed by atoms with Crippen LogP contribution in [0.1, 0.15) is 28.8 Å². The molecule has 0 amide bonds. The van der Waals surface area contributed by atoms with E-state index in [0.29, 0.717) is 11.7 Å². The van der Waals surface area contributed by atoms with Gasteiger partial charge < -0.3 is 15.0 Å². The van der Waals surface area contributed by atoms with Crippen LogP contribution in [-0.2, 0) is 24.7 Å². The van der Waals surface area contributed by atoms with E-state index < -0.39 is 0 Å². The third kappa shape index (κ3) is 3.63. The number of fused-ring (bicyclic) bond motifs is 4. The monoisotopic (exact) mass is 440 g/mol. The lowest BCUT2D eigenvalue weighted by Crippen LogP contribution is -2.54. The van der Waals surface area contributed by atoms with Crippen LogP contribution in [0.5, 0.6) is 5.75 Å². The summed E-state index contributed by atoms with van der Waals surface area (Å²) in [5, 5.41) is 11.3. The number of benzene rings is 3.